The Hall–Kier alpha value is -0.250. The Bertz CT molecular complexity index is 633. The van der Waals surface area contributed by atoms with E-state index in [1.807, 2.05) is 11.4 Å². The normalized spacial score (nSPS) is 11.9. The molecule has 0 aliphatic carbocycles. The molecule has 0 saturated carbocycles. The maximum atomic E-state index is 12.0. The van der Waals surface area contributed by atoms with Gasteiger partial charge in [0, 0.05) is 27.3 Å². The fourth-order valence-electron chi connectivity index (χ4n) is 1.30. The lowest BCUT2D eigenvalue weighted by atomic mass is 10.5. The molecule has 2 aromatic heterocycles. The van der Waals surface area contributed by atoms with Crippen LogP contribution in [0, 0.1) is 0 Å². The Morgan fingerprint density at radius 1 is 1.33 bits per heavy atom. The predicted molar refractivity (Wildman–Crippen MR) is 78.3 cm³/mol. The second-order valence-electron chi connectivity index (χ2n) is 3.44. The molecule has 0 aliphatic rings. The molecule has 98 valence electrons. The Labute approximate surface area is 122 Å². The third-order valence-electron chi connectivity index (χ3n) is 2.22. The van der Waals surface area contributed by atoms with Crippen molar-refractivity contribution in [2.45, 2.75) is 17.3 Å². The van der Waals surface area contributed by atoms with Crippen LogP contribution in [0.1, 0.15) is 9.75 Å². The van der Waals surface area contributed by atoms with Gasteiger partial charge in [0.05, 0.1) is 0 Å². The van der Waals surface area contributed by atoms with Crippen LogP contribution in [-0.4, -0.2) is 8.42 Å². The van der Waals surface area contributed by atoms with Gasteiger partial charge in [0.2, 0.25) is 10.0 Å². The lowest BCUT2D eigenvalue weighted by Crippen LogP contribution is -2.22. The van der Waals surface area contributed by atoms with Gasteiger partial charge in [-0.2, -0.15) is 0 Å². The van der Waals surface area contributed by atoms with Gasteiger partial charge in [0.1, 0.15) is 4.21 Å². The molecular formula is C10H11BrN2O2S3. The minimum Gasteiger partial charge on any atom is -0.326 e. The van der Waals surface area contributed by atoms with Crippen molar-refractivity contribution in [2.75, 3.05) is 0 Å². The van der Waals surface area contributed by atoms with E-state index in [1.165, 1.54) is 22.7 Å². The van der Waals surface area contributed by atoms with Gasteiger partial charge < -0.3 is 5.73 Å². The molecule has 0 amide bonds. The number of hydrogen-bond acceptors (Lipinski definition) is 5. The Morgan fingerprint density at radius 3 is 2.67 bits per heavy atom. The van der Waals surface area contributed by atoms with Crippen LogP contribution in [0.4, 0.5) is 0 Å². The molecule has 0 aliphatic heterocycles. The van der Waals surface area contributed by atoms with E-state index in [-0.39, 0.29) is 6.54 Å². The largest absolute Gasteiger partial charge is 0.326 e. The number of nitrogens with two attached hydrogens (primary N) is 1. The molecule has 0 radical (unpaired) electrons. The van der Waals surface area contributed by atoms with Crippen molar-refractivity contribution in [3.05, 3.63) is 37.8 Å². The lowest BCUT2D eigenvalue weighted by molar-refractivity contribution is 0.584. The Balaban J connectivity index is 2.10. The molecule has 2 aromatic rings. The molecule has 0 atom stereocenters. The first kappa shape index (κ1) is 14.2. The first-order valence-corrected chi connectivity index (χ1v) is 9.00. The quantitative estimate of drug-likeness (QED) is 0.853. The number of halogens is 1. The van der Waals surface area contributed by atoms with Crippen molar-refractivity contribution in [1.82, 2.24) is 4.72 Å². The summed E-state index contributed by atoms with van der Waals surface area (Å²) in [6.07, 6.45) is 0. The van der Waals surface area contributed by atoms with Crippen molar-refractivity contribution in [1.29, 1.82) is 0 Å². The second kappa shape index (κ2) is 5.81. The third kappa shape index (κ3) is 3.19. The molecular weight excluding hydrogens is 356 g/mol. The number of rotatable bonds is 5. The van der Waals surface area contributed by atoms with Crippen molar-refractivity contribution in [3.63, 3.8) is 0 Å². The average Bonchev–Trinajstić information content (AvgIpc) is 2.95. The van der Waals surface area contributed by atoms with E-state index >= 15 is 0 Å². The molecule has 4 nitrogen and oxygen atoms in total. The fraction of sp³-hybridized carbons (Fsp3) is 0.200. The zero-order chi connectivity index (χ0) is 13.2. The van der Waals surface area contributed by atoms with Gasteiger partial charge in [-0.3, -0.25) is 0 Å². The molecule has 0 aromatic carbocycles. The van der Waals surface area contributed by atoms with E-state index in [2.05, 4.69) is 20.7 Å². The predicted octanol–water partition coefficient (Wildman–Crippen LogP) is 2.51. The highest BCUT2D eigenvalue weighted by Gasteiger charge is 2.17. The minimum absolute atomic E-state index is 0.288. The first-order chi connectivity index (χ1) is 8.53. The van der Waals surface area contributed by atoms with E-state index in [4.69, 9.17) is 5.73 Å². The molecule has 0 saturated heterocycles. The van der Waals surface area contributed by atoms with E-state index < -0.39 is 10.0 Å². The summed E-state index contributed by atoms with van der Waals surface area (Å²) in [4.78, 5) is 1.81. The van der Waals surface area contributed by atoms with Crippen molar-refractivity contribution in [2.24, 2.45) is 5.73 Å². The second-order valence-corrected chi connectivity index (χ2v) is 8.46. The van der Waals surface area contributed by atoms with E-state index in [0.717, 1.165) is 14.2 Å². The summed E-state index contributed by atoms with van der Waals surface area (Å²) < 4.78 is 27.8. The standard InChI is InChI=1S/C10H11BrN2O2S3/c11-8-3-4-16-9(8)6-13-18(14,15)10-2-1-7(5-12)17-10/h1-4,13H,5-6,12H2. The SMILES string of the molecule is NCc1ccc(S(=O)(=O)NCc2sccc2Br)s1. The van der Waals surface area contributed by atoms with Gasteiger partial charge in [-0.15, -0.1) is 22.7 Å². The monoisotopic (exact) mass is 366 g/mol. The average molecular weight is 367 g/mol. The number of nitrogens with one attached hydrogen (secondary N) is 1. The molecule has 18 heavy (non-hydrogen) atoms. The molecule has 0 unspecified atom stereocenters. The smallest absolute Gasteiger partial charge is 0.250 e. The van der Waals surface area contributed by atoms with Crippen LogP contribution in [0.25, 0.3) is 0 Å². The van der Waals surface area contributed by atoms with Crippen molar-refractivity contribution < 1.29 is 8.42 Å². The first-order valence-electron chi connectivity index (χ1n) is 5.03. The third-order valence-corrected chi connectivity index (χ3v) is 7.14. The van der Waals surface area contributed by atoms with Crippen molar-refractivity contribution in [3.8, 4) is 0 Å². The van der Waals surface area contributed by atoms with Crippen molar-refractivity contribution >= 4 is 48.6 Å². The highest BCUT2D eigenvalue weighted by atomic mass is 79.9. The minimum atomic E-state index is -3.44. The topological polar surface area (TPSA) is 72.2 Å². The van der Waals surface area contributed by atoms with Gasteiger partial charge in [-0.05, 0) is 39.5 Å². The Morgan fingerprint density at radius 2 is 2.11 bits per heavy atom. The van der Waals surface area contributed by atoms with Crippen LogP contribution in [0.3, 0.4) is 0 Å². The van der Waals surface area contributed by atoms with Crippen LogP contribution in [0.2, 0.25) is 0 Å². The summed E-state index contributed by atoms with van der Waals surface area (Å²) in [5.41, 5.74) is 5.47. The summed E-state index contributed by atoms with van der Waals surface area (Å²) in [5.74, 6) is 0. The maximum Gasteiger partial charge on any atom is 0.250 e. The lowest BCUT2D eigenvalue weighted by Gasteiger charge is -2.03. The summed E-state index contributed by atoms with van der Waals surface area (Å²) in [6.45, 7) is 0.646. The summed E-state index contributed by atoms with van der Waals surface area (Å²) in [7, 11) is -3.44. The van der Waals surface area contributed by atoms with Crippen LogP contribution in [0.5, 0.6) is 0 Å². The highest BCUT2D eigenvalue weighted by Crippen LogP contribution is 2.24. The molecule has 8 heteroatoms. The van der Waals surface area contributed by atoms with Crippen LogP contribution in [-0.2, 0) is 23.1 Å². The van der Waals surface area contributed by atoms with Gasteiger partial charge >= 0.3 is 0 Å². The fourth-order valence-corrected chi connectivity index (χ4v) is 5.09. The number of thiophene rings is 2. The zero-order valence-electron chi connectivity index (χ0n) is 9.22. The van der Waals surface area contributed by atoms with Gasteiger partial charge in [-0.25, -0.2) is 13.1 Å². The Kier molecular flexibility index (Phi) is 4.57. The summed E-state index contributed by atoms with van der Waals surface area (Å²) in [5, 5.41) is 1.91. The van der Waals surface area contributed by atoms with E-state index in [0.29, 0.717) is 10.8 Å². The molecule has 2 rings (SSSR count). The summed E-state index contributed by atoms with van der Waals surface area (Å²) >= 11 is 6.07. The molecule has 2 heterocycles. The highest BCUT2D eigenvalue weighted by molar-refractivity contribution is 9.10. The zero-order valence-corrected chi connectivity index (χ0v) is 13.3. The van der Waals surface area contributed by atoms with Crippen LogP contribution >= 0.6 is 38.6 Å². The molecule has 0 spiro atoms. The molecule has 3 N–H and O–H groups in total. The van der Waals surface area contributed by atoms with Gasteiger partial charge in [-0.1, -0.05) is 0 Å². The summed E-state index contributed by atoms with van der Waals surface area (Å²) in [6, 6.07) is 5.21. The van der Waals surface area contributed by atoms with Crippen LogP contribution in [0.15, 0.2) is 32.3 Å². The molecule has 0 bridgehead atoms. The van der Waals surface area contributed by atoms with Gasteiger partial charge in [0.25, 0.3) is 0 Å². The number of sulfonamides is 1. The maximum absolute atomic E-state index is 12.0. The van der Waals surface area contributed by atoms with Crippen LogP contribution < -0.4 is 10.5 Å². The van der Waals surface area contributed by atoms with E-state index in [1.54, 1.807) is 12.1 Å². The number of hydrogen-bond donors (Lipinski definition) is 2. The van der Waals surface area contributed by atoms with Gasteiger partial charge in [0.15, 0.2) is 0 Å². The molecule has 0 fully saturated rings. The van der Waals surface area contributed by atoms with E-state index in [9.17, 15) is 8.42 Å².